The Kier molecular flexibility index (Phi) is 4.00. The molecule has 5 heteroatoms. The lowest BCUT2D eigenvalue weighted by Crippen LogP contribution is -2.37. The SMILES string of the molecule is COc1ccc(Cc2cc(C(=O)NC(C3CC3)C3CC3)on2)cc1. The summed E-state index contributed by atoms with van der Waals surface area (Å²) in [5, 5.41) is 7.20. The molecular weight excluding hydrogens is 304 g/mol. The fourth-order valence-electron chi connectivity index (χ4n) is 3.21. The van der Waals surface area contributed by atoms with Crippen LogP contribution < -0.4 is 10.1 Å². The molecule has 0 aliphatic heterocycles. The van der Waals surface area contributed by atoms with Gasteiger partial charge in [-0.25, -0.2) is 0 Å². The van der Waals surface area contributed by atoms with Gasteiger partial charge < -0.3 is 14.6 Å². The summed E-state index contributed by atoms with van der Waals surface area (Å²) in [5.74, 6) is 2.34. The number of nitrogens with zero attached hydrogens (tertiary/aromatic N) is 1. The van der Waals surface area contributed by atoms with Crippen molar-refractivity contribution < 1.29 is 14.1 Å². The van der Waals surface area contributed by atoms with Crippen LogP contribution in [0.15, 0.2) is 34.9 Å². The minimum absolute atomic E-state index is 0.132. The van der Waals surface area contributed by atoms with Crippen LogP contribution in [-0.4, -0.2) is 24.2 Å². The summed E-state index contributed by atoms with van der Waals surface area (Å²) in [6, 6.07) is 9.88. The molecule has 0 radical (unpaired) electrons. The number of benzene rings is 1. The molecule has 1 aromatic carbocycles. The van der Waals surface area contributed by atoms with Crippen LogP contribution in [-0.2, 0) is 6.42 Å². The fourth-order valence-corrected chi connectivity index (χ4v) is 3.21. The number of methoxy groups -OCH3 is 1. The highest BCUT2D eigenvalue weighted by atomic mass is 16.5. The van der Waals surface area contributed by atoms with Crippen LogP contribution in [0.25, 0.3) is 0 Å². The predicted molar refractivity (Wildman–Crippen MR) is 89.0 cm³/mol. The van der Waals surface area contributed by atoms with Crippen LogP contribution in [0, 0.1) is 11.8 Å². The Morgan fingerprint density at radius 1 is 1.25 bits per heavy atom. The van der Waals surface area contributed by atoms with E-state index in [-0.39, 0.29) is 5.91 Å². The Morgan fingerprint density at radius 3 is 2.50 bits per heavy atom. The molecular formula is C19H22N2O3. The van der Waals surface area contributed by atoms with E-state index in [1.165, 1.54) is 25.7 Å². The van der Waals surface area contributed by atoms with Gasteiger partial charge in [0.2, 0.25) is 5.76 Å². The van der Waals surface area contributed by atoms with E-state index in [0.717, 1.165) is 17.0 Å². The first-order valence-corrected chi connectivity index (χ1v) is 8.62. The summed E-state index contributed by atoms with van der Waals surface area (Å²) in [6.07, 6.45) is 5.58. The van der Waals surface area contributed by atoms with E-state index < -0.39 is 0 Å². The van der Waals surface area contributed by atoms with Gasteiger partial charge in [-0.1, -0.05) is 17.3 Å². The Labute approximate surface area is 141 Å². The molecule has 0 atom stereocenters. The van der Waals surface area contributed by atoms with E-state index in [4.69, 9.17) is 9.26 Å². The highest BCUT2D eigenvalue weighted by Crippen LogP contribution is 2.44. The minimum Gasteiger partial charge on any atom is -0.497 e. The first kappa shape index (κ1) is 15.2. The van der Waals surface area contributed by atoms with Crippen molar-refractivity contribution >= 4 is 5.91 Å². The van der Waals surface area contributed by atoms with Gasteiger partial charge in [0.05, 0.1) is 12.8 Å². The fraction of sp³-hybridized carbons (Fsp3) is 0.474. The zero-order valence-corrected chi connectivity index (χ0v) is 13.8. The second-order valence-electron chi connectivity index (χ2n) is 6.88. The first-order valence-electron chi connectivity index (χ1n) is 8.62. The molecule has 1 amide bonds. The summed E-state index contributed by atoms with van der Waals surface area (Å²) in [7, 11) is 1.65. The largest absolute Gasteiger partial charge is 0.497 e. The van der Waals surface area contributed by atoms with Gasteiger partial charge in [0.1, 0.15) is 5.75 Å². The minimum atomic E-state index is -0.132. The molecule has 2 aliphatic carbocycles. The smallest absolute Gasteiger partial charge is 0.290 e. The monoisotopic (exact) mass is 326 g/mol. The third-order valence-electron chi connectivity index (χ3n) is 4.88. The lowest BCUT2D eigenvalue weighted by Gasteiger charge is -2.16. The number of carbonyl (C=O) groups is 1. The molecule has 0 unspecified atom stereocenters. The number of amides is 1. The van der Waals surface area contributed by atoms with Gasteiger partial charge in [0.25, 0.3) is 5.91 Å². The highest BCUT2D eigenvalue weighted by molar-refractivity contribution is 5.91. The predicted octanol–water partition coefficient (Wildman–Crippen LogP) is 3.19. The van der Waals surface area contributed by atoms with E-state index in [1.807, 2.05) is 24.3 Å². The van der Waals surface area contributed by atoms with Crippen molar-refractivity contribution in [3.63, 3.8) is 0 Å². The van der Waals surface area contributed by atoms with Crippen molar-refractivity contribution in [2.75, 3.05) is 7.11 Å². The summed E-state index contributed by atoms with van der Waals surface area (Å²) in [5.41, 5.74) is 1.87. The standard InChI is InChI=1S/C19H22N2O3/c1-23-16-8-2-12(3-9-16)10-15-11-17(24-21-15)19(22)20-18(13-4-5-13)14-6-7-14/h2-3,8-9,11,13-14,18H,4-7,10H2,1H3,(H,20,22). The molecule has 2 aromatic rings. The lowest BCUT2D eigenvalue weighted by atomic mass is 10.1. The topological polar surface area (TPSA) is 64.4 Å². The van der Waals surface area contributed by atoms with E-state index in [0.29, 0.717) is 30.1 Å². The zero-order valence-electron chi connectivity index (χ0n) is 13.8. The number of nitrogens with one attached hydrogen (secondary N) is 1. The van der Waals surface area contributed by atoms with Gasteiger partial charge in [-0.2, -0.15) is 0 Å². The second-order valence-corrected chi connectivity index (χ2v) is 6.88. The molecule has 1 aromatic heterocycles. The van der Waals surface area contributed by atoms with Crippen LogP contribution in [0.4, 0.5) is 0 Å². The Morgan fingerprint density at radius 2 is 1.92 bits per heavy atom. The number of aromatic nitrogens is 1. The molecule has 2 saturated carbocycles. The maximum atomic E-state index is 12.4. The molecule has 5 nitrogen and oxygen atoms in total. The van der Waals surface area contributed by atoms with Crippen molar-refractivity contribution in [1.29, 1.82) is 0 Å². The molecule has 0 spiro atoms. The number of rotatable bonds is 7. The average molecular weight is 326 g/mol. The Hall–Kier alpha value is -2.30. The molecule has 0 bridgehead atoms. The number of carbonyl (C=O) groups excluding carboxylic acids is 1. The maximum Gasteiger partial charge on any atom is 0.290 e. The van der Waals surface area contributed by atoms with Crippen molar-refractivity contribution in [2.45, 2.75) is 38.1 Å². The summed E-state index contributed by atoms with van der Waals surface area (Å²) >= 11 is 0. The van der Waals surface area contributed by atoms with Gasteiger partial charge in [-0.05, 0) is 55.2 Å². The maximum absolute atomic E-state index is 12.4. The zero-order chi connectivity index (χ0) is 16.5. The molecule has 1 N–H and O–H groups in total. The lowest BCUT2D eigenvalue weighted by molar-refractivity contribution is 0.0888. The normalized spacial score (nSPS) is 17.1. The Balaban J connectivity index is 1.38. The summed E-state index contributed by atoms with van der Waals surface area (Å²) < 4.78 is 10.4. The quantitative estimate of drug-likeness (QED) is 0.848. The Bertz CT molecular complexity index is 702. The van der Waals surface area contributed by atoms with Gasteiger partial charge in [-0.3, -0.25) is 4.79 Å². The van der Waals surface area contributed by atoms with Gasteiger partial charge >= 0.3 is 0 Å². The van der Waals surface area contributed by atoms with Crippen LogP contribution in [0.2, 0.25) is 0 Å². The van der Waals surface area contributed by atoms with Gasteiger partial charge in [-0.15, -0.1) is 0 Å². The molecule has 0 saturated heterocycles. The van der Waals surface area contributed by atoms with Crippen molar-refractivity contribution in [1.82, 2.24) is 10.5 Å². The van der Waals surface area contributed by atoms with Gasteiger partial charge in [0.15, 0.2) is 0 Å². The average Bonchev–Trinajstić information content (AvgIpc) is 3.52. The third-order valence-corrected chi connectivity index (χ3v) is 4.88. The van der Waals surface area contributed by atoms with E-state index in [1.54, 1.807) is 13.2 Å². The third kappa shape index (κ3) is 3.45. The van der Waals surface area contributed by atoms with Crippen LogP contribution >= 0.6 is 0 Å². The second kappa shape index (κ2) is 6.30. The molecule has 1 heterocycles. The van der Waals surface area contributed by atoms with Gasteiger partial charge in [0, 0.05) is 18.5 Å². The van der Waals surface area contributed by atoms with Crippen molar-refractivity contribution in [2.24, 2.45) is 11.8 Å². The van der Waals surface area contributed by atoms with Crippen LogP contribution in [0.5, 0.6) is 5.75 Å². The number of hydrogen-bond acceptors (Lipinski definition) is 4. The van der Waals surface area contributed by atoms with Crippen molar-refractivity contribution in [3.8, 4) is 5.75 Å². The molecule has 126 valence electrons. The van der Waals surface area contributed by atoms with Crippen LogP contribution in [0.3, 0.4) is 0 Å². The van der Waals surface area contributed by atoms with E-state index in [2.05, 4.69) is 10.5 Å². The highest BCUT2D eigenvalue weighted by Gasteiger charge is 2.42. The summed E-state index contributed by atoms with van der Waals surface area (Å²) in [6.45, 7) is 0. The van der Waals surface area contributed by atoms with E-state index in [9.17, 15) is 4.79 Å². The van der Waals surface area contributed by atoms with Crippen molar-refractivity contribution in [3.05, 3.63) is 47.3 Å². The van der Waals surface area contributed by atoms with Crippen LogP contribution in [0.1, 0.15) is 47.5 Å². The number of hydrogen-bond donors (Lipinski definition) is 1. The molecule has 2 aliphatic rings. The number of ether oxygens (including phenoxy) is 1. The summed E-state index contributed by atoms with van der Waals surface area (Å²) in [4.78, 5) is 12.4. The molecule has 4 rings (SSSR count). The first-order chi connectivity index (χ1) is 11.7. The molecule has 24 heavy (non-hydrogen) atoms. The molecule has 2 fully saturated rings. The van der Waals surface area contributed by atoms with E-state index >= 15 is 0 Å².